The lowest BCUT2D eigenvalue weighted by molar-refractivity contribution is 0.282. The number of aliphatic hydroxyl groups is 1. The zero-order chi connectivity index (χ0) is 10.5. The van der Waals surface area contributed by atoms with Gasteiger partial charge in [-0.3, -0.25) is 4.98 Å². The smallest absolute Gasteiger partial charge is 0.0717 e. The van der Waals surface area contributed by atoms with Crippen molar-refractivity contribution in [3.05, 3.63) is 54.4 Å². The SMILES string of the molecule is OCc1cnccc1Nc1ccccc1. The van der Waals surface area contributed by atoms with E-state index in [9.17, 15) is 0 Å². The van der Waals surface area contributed by atoms with Crippen molar-refractivity contribution in [1.82, 2.24) is 4.98 Å². The van der Waals surface area contributed by atoms with Crippen LogP contribution in [0.3, 0.4) is 0 Å². The fourth-order valence-electron chi connectivity index (χ4n) is 1.35. The molecule has 0 amide bonds. The molecule has 0 saturated carbocycles. The van der Waals surface area contributed by atoms with Gasteiger partial charge in [-0.1, -0.05) is 18.2 Å². The molecule has 0 aliphatic rings. The topological polar surface area (TPSA) is 45.2 Å². The average Bonchev–Trinajstić information content (AvgIpc) is 2.31. The number of para-hydroxylation sites is 1. The minimum absolute atomic E-state index is 0.0109. The number of aromatic nitrogens is 1. The quantitative estimate of drug-likeness (QED) is 0.799. The van der Waals surface area contributed by atoms with Crippen molar-refractivity contribution in [1.29, 1.82) is 0 Å². The zero-order valence-electron chi connectivity index (χ0n) is 8.22. The predicted octanol–water partition coefficient (Wildman–Crippen LogP) is 2.32. The minimum Gasteiger partial charge on any atom is -0.392 e. The lowest BCUT2D eigenvalue weighted by Gasteiger charge is -2.09. The van der Waals surface area contributed by atoms with Crippen LogP contribution in [0.4, 0.5) is 11.4 Å². The van der Waals surface area contributed by atoms with E-state index in [1.807, 2.05) is 36.4 Å². The Hall–Kier alpha value is -1.87. The Labute approximate surface area is 88.4 Å². The number of benzene rings is 1. The molecule has 0 aliphatic carbocycles. The Kier molecular flexibility index (Phi) is 2.95. The van der Waals surface area contributed by atoms with Gasteiger partial charge in [-0.15, -0.1) is 0 Å². The van der Waals surface area contributed by atoms with Crippen LogP contribution in [-0.4, -0.2) is 10.1 Å². The maximum Gasteiger partial charge on any atom is 0.0717 e. The van der Waals surface area contributed by atoms with E-state index >= 15 is 0 Å². The summed E-state index contributed by atoms with van der Waals surface area (Å²) in [6.07, 6.45) is 3.36. The molecule has 0 fully saturated rings. The fraction of sp³-hybridized carbons (Fsp3) is 0.0833. The number of pyridine rings is 1. The first-order valence-corrected chi connectivity index (χ1v) is 4.76. The molecule has 2 aromatic rings. The number of hydrogen-bond donors (Lipinski definition) is 2. The molecule has 0 aliphatic heterocycles. The normalized spacial score (nSPS) is 9.93. The Bertz CT molecular complexity index is 429. The molecule has 2 N–H and O–H groups in total. The number of rotatable bonds is 3. The highest BCUT2D eigenvalue weighted by Crippen LogP contribution is 2.19. The first kappa shape index (κ1) is 9.68. The molecule has 0 unspecified atom stereocenters. The molecule has 1 aromatic heterocycles. The summed E-state index contributed by atoms with van der Waals surface area (Å²) < 4.78 is 0. The molecule has 1 aromatic carbocycles. The molecule has 3 heteroatoms. The average molecular weight is 200 g/mol. The molecular weight excluding hydrogens is 188 g/mol. The fourth-order valence-corrected chi connectivity index (χ4v) is 1.35. The zero-order valence-corrected chi connectivity index (χ0v) is 8.22. The Balaban J connectivity index is 2.24. The van der Waals surface area contributed by atoms with Crippen LogP contribution in [0.5, 0.6) is 0 Å². The molecule has 15 heavy (non-hydrogen) atoms. The van der Waals surface area contributed by atoms with Gasteiger partial charge >= 0.3 is 0 Å². The van der Waals surface area contributed by atoms with E-state index in [1.165, 1.54) is 0 Å². The summed E-state index contributed by atoms with van der Waals surface area (Å²) in [4.78, 5) is 3.96. The van der Waals surface area contributed by atoms with Crippen molar-refractivity contribution in [3.63, 3.8) is 0 Å². The second-order valence-electron chi connectivity index (χ2n) is 3.18. The maximum atomic E-state index is 9.12. The van der Waals surface area contributed by atoms with Gasteiger partial charge < -0.3 is 10.4 Å². The third-order valence-corrected chi connectivity index (χ3v) is 2.13. The van der Waals surface area contributed by atoms with Crippen molar-refractivity contribution < 1.29 is 5.11 Å². The largest absolute Gasteiger partial charge is 0.392 e. The van der Waals surface area contributed by atoms with Crippen molar-refractivity contribution in [2.45, 2.75) is 6.61 Å². The Morgan fingerprint density at radius 2 is 1.93 bits per heavy atom. The van der Waals surface area contributed by atoms with E-state index < -0.39 is 0 Å². The van der Waals surface area contributed by atoms with Gasteiger partial charge in [-0.05, 0) is 18.2 Å². The first-order valence-electron chi connectivity index (χ1n) is 4.76. The number of nitrogens with zero attached hydrogens (tertiary/aromatic N) is 1. The lowest BCUT2D eigenvalue weighted by Crippen LogP contribution is -1.96. The van der Waals surface area contributed by atoms with E-state index in [2.05, 4.69) is 10.3 Å². The van der Waals surface area contributed by atoms with E-state index in [0.29, 0.717) is 0 Å². The monoisotopic (exact) mass is 200 g/mol. The van der Waals surface area contributed by atoms with Crippen molar-refractivity contribution in [3.8, 4) is 0 Å². The van der Waals surface area contributed by atoms with Gasteiger partial charge in [0.2, 0.25) is 0 Å². The van der Waals surface area contributed by atoms with Crippen molar-refractivity contribution in [2.75, 3.05) is 5.32 Å². The molecule has 0 bridgehead atoms. The second kappa shape index (κ2) is 4.57. The molecular formula is C12H12N2O. The van der Waals surface area contributed by atoms with Gasteiger partial charge in [-0.25, -0.2) is 0 Å². The van der Waals surface area contributed by atoms with Gasteiger partial charge in [0.15, 0.2) is 0 Å². The van der Waals surface area contributed by atoms with E-state index in [-0.39, 0.29) is 6.61 Å². The predicted molar refractivity (Wildman–Crippen MR) is 59.9 cm³/mol. The van der Waals surface area contributed by atoms with Gasteiger partial charge in [0.25, 0.3) is 0 Å². The minimum atomic E-state index is -0.0109. The second-order valence-corrected chi connectivity index (χ2v) is 3.18. The van der Waals surface area contributed by atoms with Crippen LogP contribution in [0.2, 0.25) is 0 Å². The Morgan fingerprint density at radius 1 is 1.13 bits per heavy atom. The number of hydrogen-bond acceptors (Lipinski definition) is 3. The summed E-state index contributed by atoms with van der Waals surface area (Å²) >= 11 is 0. The van der Waals surface area contributed by atoms with Gasteiger partial charge in [-0.2, -0.15) is 0 Å². The van der Waals surface area contributed by atoms with Crippen molar-refractivity contribution in [2.24, 2.45) is 0 Å². The maximum absolute atomic E-state index is 9.12. The van der Waals surface area contributed by atoms with E-state index in [4.69, 9.17) is 5.11 Å². The molecule has 0 atom stereocenters. The highest BCUT2D eigenvalue weighted by molar-refractivity contribution is 5.62. The molecule has 2 rings (SSSR count). The number of aliphatic hydroxyl groups excluding tert-OH is 1. The molecule has 0 spiro atoms. The van der Waals surface area contributed by atoms with Crippen LogP contribution < -0.4 is 5.32 Å². The summed E-state index contributed by atoms with van der Waals surface area (Å²) in [5.41, 5.74) is 2.68. The van der Waals surface area contributed by atoms with Gasteiger partial charge in [0, 0.05) is 29.3 Å². The van der Waals surface area contributed by atoms with Gasteiger partial charge in [0.1, 0.15) is 0 Å². The molecule has 3 nitrogen and oxygen atoms in total. The molecule has 0 saturated heterocycles. The molecule has 0 radical (unpaired) electrons. The van der Waals surface area contributed by atoms with Crippen LogP contribution in [-0.2, 0) is 6.61 Å². The standard InChI is InChI=1S/C12H12N2O/c15-9-10-8-13-7-6-12(10)14-11-4-2-1-3-5-11/h1-8,15H,9H2,(H,13,14). The first-order chi connectivity index (χ1) is 7.40. The van der Waals surface area contributed by atoms with Crippen molar-refractivity contribution >= 4 is 11.4 Å². The molecule has 76 valence electrons. The molecule has 1 heterocycles. The van der Waals surface area contributed by atoms with E-state index in [1.54, 1.807) is 12.4 Å². The summed E-state index contributed by atoms with van der Waals surface area (Å²) in [6, 6.07) is 11.7. The van der Waals surface area contributed by atoms with E-state index in [0.717, 1.165) is 16.9 Å². The third kappa shape index (κ3) is 2.33. The van der Waals surface area contributed by atoms with Crippen LogP contribution >= 0.6 is 0 Å². The highest BCUT2D eigenvalue weighted by Gasteiger charge is 2.00. The number of anilines is 2. The summed E-state index contributed by atoms with van der Waals surface area (Å²) in [5.74, 6) is 0. The lowest BCUT2D eigenvalue weighted by atomic mass is 10.2. The highest BCUT2D eigenvalue weighted by atomic mass is 16.3. The van der Waals surface area contributed by atoms with Crippen LogP contribution in [0.15, 0.2) is 48.8 Å². The number of nitrogens with one attached hydrogen (secondary N) is 1. The summed E-state index contributed by atoms with van der Waals surface area (Å²) in [6.45, 7) is -0.0109. The van der Waals surface area contributed by atoms with Crippen LogP contribution in [0.25, 0.3) is 0 Å². The Morgan fingerprint density at radius 3 is 2.67 bits per heavy atom. The van der Waals surface area contributed by atoms with Crippen LogP contribution in [0.1, 0.15) is 5.56 Å². The van der Waals surface area contributed by atoms with Gasteiger partial charge in [0.05, 0.1) is 6.61 Å². The summed E-state index contributed by atoms with van der Waals surface area (Å²) in [5, 5.41) is 12.3. The summed E-state index contributed by atoms with van der Waals surface area (Å²) in [7, 11) is 0. The van der Waals surface area contributed by atoms with Crippen LogP contribution in [0, 0.1) is 0 Å². The third-order valence-electron chi connectivity index (χ3n) is 2.13.